The minimum atomic E-state index is -0.892. The molecular formula is C15H18FNO3. The van der Waals surface area contributed by atoms with Gasteiger partial charge in [-0.1, -0.05) is 12.1 Å². The molecule has 0 saturated heterocycles. The van der Waals surface area contributed by atoms with E-state index in [1.54, 1.807) is 6.07 Å². The Labute approximate surface area is 117 Å². The maximum absolute atomic E-state index is 13.2. The number of carboxylic acids is 1. The number of amides is 1. The molecule has 1 aliphatic rings. The molecule has 0 heterocycles. The quantitative estimate of drug-likeness (QED) is 0.804. The Morgan fingerprint density at radius 2 is 2.05 bits per heavy atom. The molecule has 20 heavy (non-hydrogen) atoms. The van der Waals surface area contributed by atoms with Crippen LogP contribution in [0.25, 0.3) is 0 Å². The van der Waals surface area contributed by atoms with Gasteiger partial charge in [0.25, 0.3) is 0 Å². The summed E-state index contributed by atoms with van der Waals surface area (Å²) in [6, 6.07) is 6.49. The predicted octanol–water partition coefficient (Wildman–Crippen LogP) is 2.23. The van der Waals surface area contributed by atoms with Gasteiger partial charge in [-0.3, -0.25) is 9.59 Å². The van der Waals surface area contributed by atoms with E-state index in [2.05, 4.69) is 5.32 Å². The summed E-state index contributed by atoms with van der Waals surface area (Å²) in [5.74, 6) is -1.30. The molecule has 0 spiro atoms. The maximum atomic E-state index is 13.2. The van der Waals surface area contributed by atoms with Crippen molar-refractivity contribution < 1.29 is 19.1 Å². The number of carbonyl (C=O) groups is 2. The van der Waals surface area contributed by atoms with Crippen LogP contribution in [0.5, 0.6) is 0 Å². The fourth-order valence-corrected chi connectivity index (χ4v) is 2.29. The van der Waals surface area contributed by atoms with Crippen molar-refractivity contribution in [2.24, 2.45) is 0 Å². The second-order valence-corrected chi connectivity index (χ2v) is 5.31. The van der Waals surface area contributed by atoms with Crippen LogP contribution >= 0.6 is 0 Å². The fourth-order valence-electron chi connectivity index (χ4n) is 2.29. The molecular weight excluding hydrogens is 261 g/mol. The van der Waals surface area contributed by atoms with Gasteiger partial charge in [0.05, 0.1) is 0 Å². The molecule has 1 aromatic carbocycles. The minimum absolute atomic E-state index is 0.00244. The summed E-state index contributed by atoms with van der Waals surface area (Å²) in [5.41, 5.74) is 0.785. The average Bonchev–Trinajstić information content (AvgIpc) is 3.17. The van der Waals surface area contributed by atoms with E-state index in [9.17, 15) is 14.0 Å². The number of halogens is 1. The summed E-state index contributed by atoms with van der Waals surface area (Å²) in [6.45, 7) is 0.488. The Balaban J connectivity index is 1.81. The SMILES string of the molecule is O=C(O)CCCC(=O)NCC1(c2cccc(F)c2)CC1. The van der Waals surface area contributed by atoms with E-state index in [1.807, 2.05) is 6.07 Å². The van der Waals surface area contributed by atoms with Gasteiger partial charge in [-0.2, -0.15) is 0 Å². The number of carbonyl (C=O) groups excluding carboxylic acids is 1. The molecule has 0 unspecified atom stereocenters. The smallest absolute Gasteiger partial charge is 0.303 e. The highest BCUT2D eigenvalue weighted by Crippen LogP contribution is 2.47. The molecule has 1 aromatic rings. The first kappa shape index (κ1) is 14.5. The van der Waals surface area contributed by atoms with E-state index >= 15 is 0 Å². The number of hydrogen-bond donors (Lipinski definition) is 2. The van der Waals surface area contributed by atoms with Crippen LogP contribution in [-0.2, 0) is 15.0 Å². The van der Waals surface area contributed by atoms with Crippen LogP contribution in [0.3, 0.4) is 0 Å². The van der Waals surface area contributed by atoms with Crippen molar-refractivity contribution in [2.45, 2.75) is 37.5 Å². The first-order chi connectivity index (χ1) is 9.52. The third kappa shape index (κ3) is 3.79. The zero-order valence-corrected chi connectivity index (χ0v) is 11.2. The number of nitrogens with one attached hydrogen (secondary N) is 1. The summed E-state index contributed by atoms with van der Waals surface area (Å²) in [7, 11) is 0. The van der Waals surface area contributed by atoms with E-state index in [4.69, 9.17) is 5.11 Å². The van der Waals surface area contributed by atoms with Gasteiger partial charge in [-0.25, -0.2) is 4.39 Å². The lowest BCUT2D eigenvalue weighted by atomic mass is 9.96. The van der Waals surface area contributed by atoms with Crippen molar-refractivity contribution in [3.05, 3.63) is 35.6 Å². The summed E-state index contributed by atoms with van der Waals surface area (Å²) < 4.78 is 13.2. The Kier molecular flexibility index (Phi) is 4.37. The molecule has 5 heteroatoms. The minimum Gasteiger partial charge on any atom is -0.481 e. The zero-order valence-electron chi connectivity index (χ0n) is 11.2. The van der Waals surface area contributed by atoms with E-state index in [1.165, 1.54) is 12.1 Å². The highest BCUT2D eigenvalue weighted by Gasteiger charge is 2.44. The van der Waals surface area contributed by atoms with Crippen molar-refractivity contribution in [3.8, 4) is 0 Å². The monoisotopic (exact) mass is 279 g/mol. The molecule has 1 amide bonds. The van der Waals surface area contributed by atoms with E-state index in [0.29, 0.717) is 13.0 Å². The number of carboxylic acid groups (broad SMARTS) is 1. The van der Waals surface area contributed by atoms with Gasteiger partial charge < -0.3 is 10.4 Å². The molecule has 4 nitrogen and oxygen atoms in total. The van der Waals surface area contributed by atoms with Crippen molar-refractivity contribution in [1.29, 1.82) is 0 Å². The third-order valence-electron chi connectivity index (χ3n) is 3.71. The van der Waals surface area contributed by atoms with Gasteiger partial charge in [-0.05, 0) is 37.0 Å². The first-order valence-corrected chi connectivity index (χ1v) is 6.76. The number of rotatable bonds is 7. The maximum Gasteiger partial charge on any atom is 0.303 e. The van der Waals surface area contributed by atoms with Crippen molar-refractivity contribution >= 4 is 11.9 Å². The summed E-state index contributed by atoms with van der Waals surface area (Å²) in [4.78, 5) is 22.0. The van der Waals surface area contributed by atoms with Crippen LogP contribution in [0.1, 0.15) is 37.7 Å². The summed E-state index contributed by atoms with van der Waals surface area (Å²) >= 11 is 0. The predicted molar refractivity (Wildman–Crippen MR) is 71.8 cm³/mol. The molecule has 0 bridgehead atoms. The highest BCUT2D eigenvalue weighted by atomic mass is 19.1. The molecule has 0 aliphatic heterocycles. The molecule has 1 saturated carbocycles. The van der Waals surface area contributed by atoms with Gasteiger partial charge in [0, 0.05) is 24.8 Å². The zero-order chi connectivity index (χ0) is 14.6. The molecule has 2 N–H and O–H groups in total. The average molecular weight is 279 g/mol. The lowest BCUT2D eigenvalue weighted by molar-refractivity contribution is -0.137. The molecule has 2 rings (SSSR count). The van der Waals surface area contributed by atoms with Crippen molar-refractivity contribution in [2.75, 3.05) is 6.54 Å². The van der Waals surface area contributed by atoms with Gasteiger partial charge in [0.2, 0.25) is 5.91 Å². The Hall–Kier alpha value is -1.91. The number of aliphatic carboxylic acids is 1. The highest BCUT2D eigenvalue weighted by molar-refractivity contribution is 5.77. The van der Waals surface area contributed by atoms with Crippen LogP contribution in [0.15, 0.2) is 24.3 Å². The molecule has 108 valence electrons. The Bertz CT molecular complexity index is 512. The van der Waals surface area contributed by atoms with Crippen LogP contribution in [0.2, 0.25) is 0 Å². The first-order valence-electron chi connectivity index (χ1n) is 6.76. The topological polar surface area (TPSA) is 66.4 Å². The Morgan fingerprint density at radius 3 is 2.65 bits per heavy atom. The molecule has 1 fully saturated rings. The fraction of sp³-hybridized carbons (Fsp3) is 0.467. The number of hydrogen-bond acceptors (Lipinski definition) is 2. The van der Waals surface area contributed by atoms with Gasteiger partial charge in [0.1, 0.15) is 5.82 Å². The van der Waals surface area contributed by atoms with E-state index < -0.39 is 5.97 Å². The second-order valence-electron chi connectivity index (χ2n) is 5.31. The summed E-state index contributed by atoms with van der Waals surface area (Å²) in [5, 5.41) is 11.3. The van der Waals surface area contributed by atoms with Crippen LogP contribution in [0, 0.1) is 5.82 Å². The van der Waals surface area contributed by atoms with Crippen molar-refractivity contribution in [1.82, 2.24) is 5.32 Å². The molecule has 1 aliphatic carbocycles. The standard InChI is InChI=1S/C15H18FNO3/c16-12-4-1-3-11(9-12)15(7-8-15)10-17-13(18)5-2-6-14(19)20/h1,3-4,9H,2,5-8,10H2,(H,17,18)(H,19,20). The number of benzene rings is 1. The summed E-state index contributed by atoms with van der Waals surface area (Å²) in [6.07, 6.45) is 2.43. The van der Waals surface area contributed by atoms with Gasteiger partial charge >= 0.3 is 5.97 Å². The molecule has 0 radical (unpaired) electrons. The van der Waals surface area contributed by atoms with Gasteiger partial charge in [-0.15, -0.1) is 0 Å². The second kappa shape index (κ2) is 6.03. The molecule has 0 atom stereocenters. The lowest BCUT2D eigenvalue weighted by Crippen LogP contribution is -2.32. The third-order valence-corrected chi connectivity index (χ3v) is 3.71. The van der Waals surface area contributed by atoms with E-state index in [0.717, 1.165) is 18.4 Å². The largest absolute Gasteiger partial charge is 0.481 e. The van der Waals surface area contributed by atoms with Crippen molar-refractivity contribution in [3.63, 3.8) is 0 Å². The normalized spacial score (nSPS) is 15.7. The van der Waals surface area contributed by atoms with Crippen LogP contribution in [0.4, 0.5) is 4.39 Å². The van der Waals surface area contributed by atoms with E-state index in [-0.39, 0.29) is 30.0 Å². The Morgan fingerprint density at radius 1 is 1.30 bits per heavy atom. The van der Waals surface area contributed by atoms with Gasteiger partial charge in [0.15, 0.2) is 0 Å². The van der Waals surface area contributed by atoms with Crippen LogP contribution in [-0.4, -0.2) is 23.5 Å². The lowest BCUT2D eigenvalue weighted by Gasteiger charge is -2.16. The molecule has 0 aromatic heterocycles. The van der Waals surface area contributed by atoms with Crippen LogP contribution < -0.4 is 5.32 Å².